The number of hydrogen-bond donors (Lipinski definition) is 1. The average Bonchev–Trinajstić information content (AvgIpc) is 2.37. The van der Waals surface area contributed by atoms with Crippen LogP contribution < -0.4 is 4.90 Å². The highest BCUT2D eigenvalue weighted by Crippen LogP contribution is 2.25. The van der Waals surface area contributed by atoms with Gasteiger partial charge < -0.3 is 14.9 Å². The van der Waals surface area contributed by atoms with Crippen LogP contribution in [0, 0.1) is 6.92 Å². The predicted octanol–water partition coefficient (Wildman–Crippen LogP) is 2.02. The van der Waals surface area contributed by atoms with Crippen LogP contribution in [0.2, 0.25) is 0 Å². The van der Waals surface area contributed by atoms with Crippen molar-refractivity contribution in [2.24, 2.45) is 0 Å². The lowest BCUT2D eigenvalue weighted by Gasteiger charge is -2.38. The van der Waals surface area contributed by atoms with Crippen molar-refractivity contribution in [3.8, 4) is 0 Å². The second kappa shape index (κ2) is 5.72. The Bertz CT molecular complexity index is 405. The largest absolute Gasteiger partial charge is 0.392 e. The van der Waals surface area contributed by atoms with Crippen LogP contribution in [0.1, 0.15) is 24.0 Å². The van der Waals surface area contributed by atoms with Crippen LogP contribution in [-0.2, 0) is 6.61 Å². The minimum Gasteiger partial charge on any atom is -0.392 e. The van der Waals surface area contributed by atoms with Gasteiger partial charge in [-0.05, 0) is 39.4 Å². The number of likely N-dealkylation sites (N-methyl/N-ethyl adjacent to an activating group) is 2. The van der Waals surface area contributed by atoms with Crippen LogP contribution >= 0.6 is 0 Å². The Morgan fingerprint density at radius 3 is 2.89 bits per heavy atom. The molecule has 0 spiro atoms. The Balaban J connectivity index is 2.19. The van der Waals surface area contributed by atoms with Crippen molar-refractivity contribution in [2.45, 2.75) is 32.4 Å². The van der Waals surface area contributed by atoms with Crippen LogP contribution in [0.3, 0.4) is 0 Å². The molecule has 1 saturated heterocycles. The number of likely N-dealkylation sites (tertiary alicyclic amines) is 1. The van der Waals surface area contributed by atoms with E-state index in [4.69, 9.17) is 0 Å². The quantitative estimate of drug-likeness (QED) is 0.886. The molecule has 1 aromatic rings. The van der Waals surface area contributed by atoms with Crippen molar-refractivity contribution in [3.63, 3.8) is 0 Å². The van der Waals surface area contributed by atoms with Gasteiger partial charge in [-0.2, -0.15) is 0 Å². The highest BCUT2D eigenvalue weighted by Gasteiger charge is 2.22. The molecule has 1 aliphatic heterocycles. The first kappa shape index (κ1) is 13.4. The number of nitrogens with zero attached hydrogens (tertiary/aromatic N) is 2. The molecule has 0 bridgehead atoms. The van der Waals surface area contributed by atoms with Gasteiger partial charge in [0.2, 0.25) is 0 Å². The maximum Gasteiger partial charge on any atom is 0.0702 e. The Morgan fingerprint density at radius 2 is 2.22 bits per heavy atom. The number of hydrogen-bond acceptors (Lipinski definition) is 3. The summed E-state index contributed by atoms with van der Waals surface area (Å²) in [4.78, 5) is 4.72. The molecule has 0 saturated carbocycles. The SMILES string of the molecule is Cc1ccc(N(C)C2CCCN(C)C2)c(CO)c1. The summed E-state index contributed by atoms with van der Waals surface area (Å²) >= 11 is 0. The highest BCUT2D eigenvalue weighted by molar-refractivity contribution is 5.55. The van der Waals surface area contributed by atoms with Gasteiger partial charge in [0.05, 0.1) is 6.61 Å². The van der Waals surface area contributed by atoms with Crippen molar-refractivity contribution in [1.29, 1.82) is 0 Å². The van der Waals surface area contributed by atoms with E-state index in [9.17, 15) is 5.11 Å². The standard InChI is InChI=1S/C15H24N2O/c1-12-6-7-15(13(9-12)11-18)17(3)14-5-4-8-16(2)10-14/h6-7,9,14,18H,4-5,8,10-11H2,1-3H3. The van der Waals surface area contributed by atoms with E-state index in [1.54, 1.807) is 0 Å². The number of anilines is 1. The molecule has 1 unspecified atom stereocenters. The molecule has 2 rings (SSSR count). The fraction of sp³-hybridized carbons (Fsp3) is 0.600. The van der Waals surface area contributed by atoms with Gasteiger partial charge >= 0.3 is 0 Å². The number of piperidine rings is 1. The molecule has 1 aliphatic rings. The van der Waals surface area contributed by atoms with E-state index < -0.39 is 0 Å². The number of aliphatic hydroxyl groups is 1. The summed E-state index contributed by atoms with van der Waals surface area (Å²) in [7, 11) is 4.33. The van der Waals surface area contributed by atoms with Crippen molar-refractivity contribution in [3.05, 3.63) is 29.3 Å². The van der Waals surface area contributed by atoms with Crippen LogP contribution in [0.25, 0.3) is 0 Å². The Kier molecular flexibility index (Phi) is 4.25. The molecule has 1 heterocycles. The zero-order valence-electron chi connectivity index (χ0n) is 11.7. The van der Waals surface area contributed by atoms with E-state index in [1.807, 2.05) is 0 Å². The summed E-state index contributed by atoms with van der Waals surface area (Å²) in [6.07, 6.45) is 2.49. The lowest BCUT2D eigenvalue weighted by Crippen LogP contribution is -2.45. The van der Waals surface area contributed by atoms with Crippen molar-refractivity contribution in [2.75, 3.05) is 32.1 Å². The van der Waals surface area contributed by atoms with Crippen molar-refractivity contribution < 1.29 is 5.11 Å². The number of aliphatic hydroxyl groups excluding tert-OH is 1. The maximum atomic E-state index is 9.51. The Hall–Kier alpha value is -1.06. The molecule has 0 aliphatic carbocycles. The molecular formula is C15H24N2O. The van der Waals surface area contributed by atoms with Crippen LogP contribution in [0.4, 0.5) is 5.69 Å². The molecule has 100 valence electrons. The lowest BCUT2D eigenvalue weighted by atomic mass is 10.0. The first-order chi connectivity index (χ1) is 8.61. The second-order valence-electron chi connectivity index (χ2n) is 5.46. The Morgan fingerprint density at radius 1 is 1.44 bits per heavy atom. The van der Waals surface area contributed by atoms with E-state index >= 15 is 0 Å². The smallest absolute Gasteiger partial charge is 0.0702 e. The summed E-state index contributed by atoms with van der Waals surface area (Å²) in [5.41, 5.74) is 3.41. The molecule has 0 amide bonds. The van der Waals surface area contributed by atoms with Crippen LogP contribution in [0.15, 0.2) is 18.2 Å². The molecule has 18 heavy (non-hydrogen) atoms. The summed E-state index contributed by atoms with van der Waals surface area (Å²) < 4.78 is 0. The molecule has 0 aromatic heterocycles. The predicted molar refractivity (Wildman–Crippen MR) is 76.0 cm³/mol. The normalized spacial score (nSPS) is 21.0. The van der Waals surface area contributed by atoms with Gasteiger partial charge in [0.1, 0.15) is 0 Å². The molecule has 1 fully saturated rings. The van der Waals surface area contributed by atoms with E-state index in [0.29, 0.717) is 6.04 Å². The van der Waals surface area contributed by atoms with Crippen LogP contribution in [0.5, 0.6) is 0 Å². The van der Waals surface area contributed by atoms with Gasteiger partial charge in [-0.25, -0.2) is 0 Å². The third-order valence-corrected chi connectivity index (χ3v) is 3.93. The lowest BCUT2D eigenvalue weighted by molar-refractivity contribution is 0.246. The summed E-state index contributed by atoms with van der Waals surface area (Å²) in [5.74, 6) is 0. The van der Waals surface area contributed by atoms with Crippen molar-refractivity contribution in [1.82, 2.24) is 4.90 Å². The van der Waals surface area contributed by atoms with Gasteiger partial charge in [0.15, 0.2) is 0 Å². The summed E-state index contributed by atoms with van der Waals surface area (Å²) in [6, 6.07) is 6.89. The van der Waals surface area contributed by atoms with Gasteiger partial charge in [-0.1, -0.05) is 17.7 Å². The second-order valence-corrected chi connectivity index (χ2v) is 5.46. The fourth-order valence-corrected chi connectivity index (χ4v) is 2.84. The Labute approximate surface area is 110 Å². The topological polar surface area (TPSA) is 26.7 Å². The summed E-state index contributed by atoms with van der Waals surface area (Å²) in [6.45, 7) is 4.49. The van der Waals surface area contributed by atoms with Crippen LogP contribution in [-0.4, -0.2) is 43.2 Å². The molecule has 1 N–H and O–H groups in total. The van der Waals surface area contributed by atoms with Crippen molar-refractivity contribution >= 4 is 5.69 Å². The van der Waals surface area contributed by atoms with E-state index in [-0.39, 0.29) is 6.61 Å². The molecule has 0 radical (unpaired) electrons. The summed E-state index contributed by atoms with van der Waals surface area (Å²) in [5, 5.41) is 9.51. The van der Waals surface area contributed by atoms with Gasteiger partial charge in [-0.3, -0.25) is 0 Å². The molecular weight excluding hydrogens is 224 g/mol. The van der Waals surface area contributed by atoms with Gasteiger partial charge in [0, 0.05) is 30.9 Å². The molecule has 1 atom stereocenters. The van der Waals surface area contributed by atoms with Gasteiger partial charge in [-0.15, -0.1) is 0 Å². The minimum atomic E-state index is 0.115. The van der Waals surface area contributed by atoms with Gasteiger partial charge in [0.25, 0.3) is 0 Å². The minimum absolute atomic E-state index is 0.115. The fourth-order valence-electron chi connectivity index (χ4n) is 2.84. The third-order valence-electron chi connectivity index (χ3n) is 3.93. The van der Waals surface area contributed by atoms with E-state index in [1.165, 1.54) is 30.6 Å². The zero-order valence-corrected chi connectivity index (χ0v) is 11.7. The monoisotopic (exact) mass is 248 g/mol. The first-order valence-electron chi connectivity index (χ1n) is 6.73. The molecule has 1 aromatic carbocycles. The van der Waals surface area contributed by atoms with E-state index in [2.05, 4.69) is 49.0 Å². The van der Waals surface area contributed by atoms with E-state index in [0.717, 1.165) is 12.1 Å². The highest BCUT2D eigenvalue weighted by atomic mass is 16.3. The third kappa shape index (κ3) is 2.85. The first-order valence-corrected chi connectivity index (χ1v) is 6.73. The number of aryl methyl sites for hydroxylation is 1. The number of rotatable bonds is 3. The zero-order chi connectivity index (χ0) is 13.1. The molecule has 3 heteroatoms. The average molecular weight is 248 g/mol. The maximum absolute atomic E-state index is 9.51. The molecule has 3 nitrogen and oxygen atoms in total. The number of benzene rings is 1.